The first-order valence-electron chi connectivity index (χ1n) is 9.09. The van der Waals surface area contributed by atoms with E-state index >= 15 is 0 Å². The first kappa shape index (κ1) is 20.0. The van der Waals surface area contributed by atoms with E-state index in [1.54, 1.807) is 6.07 Å². The molecule has 1 aliphatic heterocycles. The van der Waals surface area contributed by atoms with E-state index in [9.17, 15) is 18.0 Å². The second-order valence-corrected chi connectivity index (χ2v) is 8.57. The predicted molar refractivity (Wildman–Crippen MR) is 107 cm³/mol. The maximum atomic E-state index is 12.8. The monoisotopic (exact) mass is 401 g/mol. The molecule has 28 heavy (non-hydrogen) atoms. The zero-order valence-electron chi connectivity index (χ0n) is 15.9. The quantitative estimate of drug-likeness (QED) is 0.800. The number of sulfonamides is 1. The lowest BCUT2D eigenvalue weighted by Crippen LogP contribution is -2.49. The van der Waals surface area contributed by atoms with Gasteiger partial charge in [-0.1, -0.05) is 31.2 Å². The topological polar surface area (TPSA) is 95.6 Å². The number of benzene rings is 2. The molecular formula is C20H23N3O4S. The minimum Gasteiger partial charge on any atom is -0.354 e. The molecule has 0 bridgehead atoms. The summed E-state index contributed by atoms with van der Waals surface area (Å²) in [6.07, 6.45) is 0.767. The van der Waals surface area contributed by atoms with Crippen molar-refractivity contribution in [3.8, 4) is 0 Å². The highest BCUT2D eigenvalue weighted by molar-refractivity contribution is 7.89. The van der Waals surface area contributed by atoms with E-state index in [-0.39, 0.29) is 41.9 Å². The van der Waals surface area contributed by atoms with Crippen LogP contribution in [0.1, 0.15) is 28.4 Å². The Labute approximate surface area is 164 Å². The summed E-state index contributed by atoms with van der Waals surface area (Å²) in [6, 6.07) is 11.7. The van der Waals surface area contributed by atoms with Gasteiger partial charge in [-0.3, -0.25) is 9.59 Å². The smallest absolute Gasteiger partial charge is 0.255 e. The fraction of sp³-hybridized carbons (Fsp3) is 0.300. The average Bonchev–Trinajstić information content (AvgIpc) is 2.69. The average molecular weight is 401 g/mol. The van der Waals surface area contributed by atoms with E-state index in [4.69, 9.17) is 0 Å². The lowest BCUT2D eigenvalue weighted by Gasteiger charge is -2.26. The van der Waals surface area contributed by atoms with E-state index in [1.165, 1.54) is 18.2 Å². The van der Waals surface area contributed by atoms with Gasteiger partial charge in [-0.15, -0.1) is 0 Å². The van der Waals surface area contributed by atoms with Crippen LogP contribution in [0.5, 0.6) is 0 Å². The number of amides is 2. The van der Waals surface area contributed by atoms with Crippen molar-refractivity contribution in [1.29, 1.82) is 0 Å². The third kappa shape index (κ3) is 4.07. The lowest BCUT2D eigenvalue weighted by molar-refractivity contribution is -0.122. The van der Waals surface area contributed by atoms with Crippen molar-refractivity contribution in [3.63, 3.8) is 0 Å². The van der Waals surface area contributed by atoms with Crippen LogP contribution in [0, 0.1) is 6.92 Å². The third-order valence-corrected chi connectivity index (χ3v) is 6.56. The Kier molecular flexibility index (Phi) is 5.81. The molecule has 0 aliphatic carbocycles. The Morgan fingerprint density at radius 2 is 1.96 bits per heavy atom. The van der Waals surface area contributed by atoms with Crippen molar-refractivity contribution in [1.82, 2.24) is 9.62 Å². The standard InChI is InChI=1S/C20H23N3O4S/c1-3-15-7-4-6-14(2)19(15)22-20(25)16-8-5-9-17(12-16)28(26,27)23-11-10-21-18(24)13-23/h4-9,12H,3,10-11,13H2,1-2H3,(H,21,24)(H,22,25). The Hall–Kier alpha value is -2.71. The maximum absolute atomic E-state index is 12.8. The van der Waals surface area contributed by atoms with Crippen molar-refractivity contribution >= 4 is 27.5 Å². The summed E-state index contributed by atoms with van der Waals surface area (Å²) in [5, 5.41) is 5.50. The molecule has 0 unspecified atom stereocenters. The number of aryl methyl sites for hydroxylation is 2. The number of anilines is 1. The van der Waals surface area contributed by atoms with E-state index in [1.807, 2.05) is 32.0 Å². The molecule has 1 heterocycles. The molecule has 3 rings (SSSR count). The van der Waals surface area contributed by atoms with E-state index in [0.717, 1.165) is 27.5 Å². The third-order valence-electron chi connectivity index (χ3n) is 4.72. The summed E-state index contributed by atoms with van der Waals surface area (Å²) in [4.78, 5) is 24.3. The van der Waals surface area contributed by atoms with Crippen molar-refractivity contribution in [3.05, 3.63) is 59.2 Å². The summed E-state index contributed by atoms with van der Waals surface area (Å²) in [6.45, 7) is 4.17. The molecule has 2 N–H and O–H groups in total. The number of rotatable bonds is 5. The molecule has 8 heteroatoms. The molecule has 2 aromatic rings. The largest absolute Gasteiger partial charge is 0.354 e. The van der Waals surface area contributed by atoms with Crippen LogP contribution >= 0.6 is 0 Å². The number of hydrogen-bond acceptors (Lipinski definition) is 4. The molecule has 0 aromatic heterocycles. The predicted octanol–water partition coefficient (Wildman–Crippen LogP) is 1.93. The van der Waals surface area contributed by atoms with Crippen LogP contribution in [-0.2, 0) is 21.2 Å². The minimum atomic E-state index is -3.85. The van der Waals surface area contributed by atoms with E-state index in [2.05, 4.69) is 10.6 Å². The second-order valence-electron chi connectivity index (χ2n) is 6.63. The van der Waals surface area contributed by atoms with Gasteiger partial charge in [0.25, 0.3) is 5.91 Å². The van der Waals surface area contributed by atoms with Gasteiger partial charge in [0.1, 0.15) is 0 Å². The Bertz CT molecular complexity index is 1020. The maximum Gasteiger partial charge on any atom is 0.255 e. The van der Waals surface area contributed by atoms with Crippen LogP contribution in [0.4, 0.5) is 5.69 Å². The number of para-hydroxylation sites is 1. The summed E-state index contributed by atoms with van der Waals surface area (Å²) >= 11 is 0. The summed E-state index contributed by atoms with van der Waals surface area (Å²) in [5.41, 5.74) is 2.94. The molecule has 1 aliphatic rings. The minimum absolute atomic E-state index is 0.00431. The molecular weight excluding hydrogens is 378 g/mol. The first-order chi connectivity index (χ1) is 13.3. The molecule has 0 spiro atoms. The number of nitrogens with zero attached hydrogens (tertiary/aromatic N) is 1. The zero-order chi connectivity index (χ0) is 20.3. The van der Waals surface area contributed by atoms with Crippen molar-refractivity contribution in [2.45, 2.75) is 25.2 Å². The molecule has 0 saturated carbocycles. The summed E-state index contributed by atoms with van der Waals surface area (Å²) in [5.74, 6) is -0.715. The summed E-state index contributed by atoms with van der Waals surface area (Å²) in [7, 11) is -3.85. The van der Waals surface area contributed by atoms with Crippen LogP contribution in [0.25, 0.3) is 0 Å². The molecule has 1 saturated heterocycles. The van der Waals surface area contributed by atoms with Crippen LogP contribution < -0.4 is 10.6 Å². The molecule has 1 fully saturated rings. The van der Waals surface area contributed by atoms with Crippen LogP contribution in [0.3, 0.4) is 0 Å². The highest BCUT2D eigenvalue weighted by Gasteiger charge is 2.29. The molecule has 0 radical (unpaired) electrons. The molecule has 2 amide bonds. The number of hydrogen-bond donors (Lipinski definition) is 2. The normalized spacial score (nSPS) is 15.1. The number of piperazine rings is 1. The number of carbonyl (C=O) groups is 2. The fourth-order valence-electron chi connectivity index (χ4n) is 3.15. The first-order valence-corrected chi connectivity index (χ1v) is 10.5. The molecule has 2 aromatic carbocycles. The van der Waals surface area contributed by atoms with Crippen molar-refractivity contribution in [2.24, 2.45) is 0 Å². The number of nitrogens with one attached hydrogen (secondary N) is 2. The molecule has 148 valence electrons. The van der Waals surface area contributed by atoms with Crippen LogP contribution in [-0.4, -0.2) is 44.2 Å². The van der Waals surface area contributed by atoms with Gasteiger partial charge in [0.05, 0.1) is 11.4 Å². The van der Waals surface area contributed by atoms with Gasteiger partial charge < -0.3 is 10.6 Å². The van der Waals surface area contributed by atoms with E-state index < -0.39 is 10.0 Å². The highest BCUT2D eigenvalue weighted by Crippen LogP contribution is 2.23. The SMILES string of the molecule is CCc1cccc(C)c1NC(=O)c1cccc(S(=O)(=O)N2CCNC(=O)C2)c1. The Morgan fingerprint density at radius 1 is 1.21 bits per heavy atom. The van der Waals surface area contributed by atoms with Gasteiger partial charge in [-0.25, -0.2) is 8.42 Å². The van der Waals surface area contributed by atoms with Crippen LogP contribution in [0.2, 0.25) is 0 Å². The summed E-state index contributed by atoms with van der Waals surface area (Å²) < 4.78 is 26.8. The van der Waals surface area contributed by atoms with Crippen molar-refractivity contribution in [2.75, 3.05) is 25.0 Å². The second kappa shape index (κ2) is 8.12. The van der Waals surface area contributed by atoms with Gasteiger partial charge in [0, 0.05) is 24.3 Å². The number of carbonyl (C=O) groups excluding carboxylic acids is 2. The van der Waals surface area contributed by atoms with Crippen LogP contribution in [0.15, 0.2) is 47.4 Å². The zero-order valence-corrected chi connectivity index (χ0v) is 16.7. The van der Waals surface area contributed by atoms with Gasteiger partial charge in [0.2, 0.25) is 15.9 Å². The van der Waals surface area contributed by atoms with Gasteiger partial charge >= 0.3 is 0 Å². The van der Waals surface area contributed by atoms with E-state index in [0.29, 0.717) is 0 Å². The van der Waals surface area contributed by atoms with Gasteiger partial charge in [-0.05, 0) is 42.7 Å². The van der Waals surface area contributed by atoms with Crippen molar-refractivity contribution < 1.29 is 18.0 Å². The van der Waals surface area contributed by atoms with Gasteiger partial charge in [0.15, 0.2) is 0 Å². The lowest BCUT2D eigenvalue weighted by atomic mass is 10.1. The fourth-order valence-corrected chi connectivity index (χ4v) is 4.60. The highest BCUT2D eigenvalue weighted by atomic mass is 32.2. The Balaban J connectivity index is 1.87. The van der Waals surface area contributed by atoms with Gasteiger partial charge in [-0.2, -0.15) is 4.31 Å². The Morgan fingerprint density at radius 3 is 2.68 bits per heavy atom. The molecule has 0 atom stereocenters. The molecule has 7 nitrogen and oxygen atoms in total.